The molecule has 0 bridgehead atoms. The number of amides is 1. The molecule has 1 amide bonds. The van der Waals surface area contributed by atoms with Crippen molar-refractivity contribution in [2.24, 2.45) is 0 Å². The molecule has 0 radical (unpaired) electrons. The maximum Gasteiger partial charge on any atom is 0.237 e. The van der Waals surface area contributed by atoms with Crippen molar-refractivity contribution in [2.75, 3.05) is 7.11 Å². The quantitative estimate of drug-likeness (QED) is 0.787. The van der Waals surface area contributed by atoms with E-state index in [2.05, 4.69) is 10.2 Å². The van der Waals surface area contributed by atoms with Gasteiger partial charge in [-0.05, 0) is 55.2 Å². The zero-order chi connectivity index (χ0) is 18.5. The molecule has 3 rings (SSSR count). The summed E-state index contributed by atoms with van der Waals surface area (Å²) in [5.41, 5.74) is 2.05. The van der Waals surface area contributed by atoms with Crippen LogP contribution in [0, 0.1) is 5.82 Å². The fraction of sp³-hybridized carbons (Fsp3) is 0.381. The number of carbonyl (C=O) groups excluding carboxylic acids is 1. The molecule has 2 aromatic rings. The van der Waals surface area contributed by atoms with Gasteiger partial charge in [-0.15, -0.1) is 0 Å². The van der Waals surface area contributed by atoms with E-state index < -0.39 is 0 Å². The summed E-state index contributed by atoms with van der Waals surface area (Å²) in [5.74, 6) is 0.569. The van der Waals surface area contributed by atoms with Gasteiger partial charge >= 0.3 is 0 Å². The van der Waals surface area contributed by atoms with Gasteiger partial charge in [0.15, 0.2) is 0 Å². The number of hydrogen-bond acceptors (Lipinski definition) is 3. The fourth-order valence-electron chi connectivity index (χ4n) is 3.02. The third-order valence-electron chi connectivity index (χ3n) is 4.80. The van der Waals surface area contributed by atoms with Crippen molar-refractivity contribution in [1.29, 1.82) is 0 Å². The molecule has 0 saturated heterocycles. The lowest BCUT2D eigenvalue weighted by Gasteiger charge is -2.28. The van der Waals surface area contributed by atoms with Gasteiger partial charge in [0.2, 0.25) is 5.91 Å². The fourth-order valence-corrected chi connectivity index (χ4v) is 3.02. The van der Waals surface area contributed by atoms with Crippen LogP contribution in [0.5, 0.6) is 5.75 Å². The number of rotatable bonds is 8. The average molecular weight is 356 g/mol. The number of nitrogens with zero attached hydrogens (tertiary/aromatic N) is 1. The van der Waals surface area contributed by atoms with Gasteiger partial charge < -0.3 is 10.1 Å². The van der Waals surface area contributed by atoms with E-state index in [0.717, 1.165) is 29.7 Å². The highest BCUT2D eigenvalue weighted by Crippen LogP contribution is 2.30. The van der Waals surface area contributed by atoms with Crippen LogP contribution >= 0.6 is 0 Å². The smallest absolute Gasteiger partial charge is 0.237 e. The van der Waals surface area contributed by atoms with E-state index in [4.69, 9.17) is 4.74 Å². The first-order valence-electron chi connectivity index (χ1n) is 8.97. The van der Waals surface area contributed by atoms with E-state index in [1.54, 1.807) is 19.2 Å². The Bertz CT molecular complexity index is 727. The van der Waals surface area contributed by atoms with Crippen LogP contribution in [-0.4, -0.2) is 30.0 Å². The highest BCUT2D eigenvalue weighted by molar-refractivity contribution is 5.81. The number of halogens is 1. The van der Waals surface area contributed by atoms with Crippen molar-refractivity contribution in [3.05, 3.63) is 65.5 Å². The number of nitrogens with one attached hydrogen (secondary N) is 1. The van der Waals surface area contributed by atoms with Crippen LogP contribution in [-0.2, 0) is 17.9 Å². The number of ether oxygens (including phenoxy) is 1. The third kappa shape index (κ3) is 4.82. The summed E-state index contributed by atoms with van der Waals surface area (Å²) in [5, 5.41) is 3.01. The first kappa shape index (κ1) is 18.4. The van der Waals surface area contributed by atoms with E-state index in [1.165, 1.54) is 12.1 Å². The Hall–Kier alpha value is -2.40. The zero-order valence-electron chi connectivity index (χ0n) is 15.2. The molecule has 0 heterocycles. The minimum absolute atomic E-state index is 0.00910. The summed E-state index contributed by atoms with van der Waals surface area (Å²) < 4.78 is 18.2. The van der Waals surface area contributed by atoms with Crippen LogP contribution in [0.2, 0.25) is 0 Å². The van der Waals surface area contributed by atoms with E-state index in [0.29, 0.717) is 19.1 Å². The second-order valence-corrected chi connectivity index (χ2v) is 6.77. The second kappa shape index (κ2) is 8.32. The maximum absolute atomic E-state index is 13.1. The van der Waals surface area contributed by atoms with Gasteiger partial charge in [0.25, 0.3) is 0 Å². The Morgan fingerprint density at radius 2 is 1.77 bits per heavy atom. The molecule has 1 aliphatic rings. The van der Waals surface area contributed by atoms with Crippen LogP contribution < -0.4 is 10.1 Å². The lowest BCUT2D eigenvalue weighted by atomic mass is 10.1. The van der Waals surface area contributed by atoms with E-state index in [1.807, 2.05) is 31.2 Å². The molecule has 2 aromatic carbocycles. The number of hydrogen-bond donors (Lipinski definition) is 1. The lowest BCUT2D eigenvalue weighted by molar-refractivity contribution is -0.126. The number of benzene rings is 2. The molecular formula is C21H25FN2O2. The predicted molar refractivity (Wildman–Crippen MR) is 99.3 cm³/mol. The van der Waals surface area contributed by atoms with Crippen molar-refractivity contribution >= 4 is 5.91 Å². The van der Waals surface area contributed by atoms with E-state index in [9.17, 15) is 9.18 Å². The lowest BCUT2D eigenvalue weighted by Crippen LogP contribution is -2.45. The Kier molecular flexibility index (Phi) is 5.89. The minimum Gasteiger partial charge on any atom is -0.497 e. The number of carbonyl (C=O) groups is 1. The third-order valence-corrected chi connectivity index (χ3v) is 4.80. The largest absolute Gasteiger partial charge is 0.497 e. The van der Waals surface area contributed by atoms with Crippen molar-refractivity contribution in [3.63, 3.8) is 0 Å². The maximum atomic E-state index is 13.1. The Morgan fingerprint density at radius 3 is 2.35 bits per heavy atom. The average Bonchev–Trinajstić information content (AvgIpc) is 3.50. The topological polar surface area (TPSA) is 41.6 Å². The van der Waals surface area contributed by atoms with Gasteiger partial charge in [-0.1, -0.05) is 24.3 Å². The summed E-state index contributed by atoms with van der Waals surface area (Å²) in [6.45, 7) is 3.08. The summed E-state index contributed by atoms with van der Waals surface area (Å²) >= 11 is 0. The van der Waals surface area contributed by atoms with Gasteiger partial charge in [0.1, 0.15) is 11.6 Å². The van der Waals surface area contributed by atoms with E-state index >= 15 is 0 Å². The Labute approximate surface area is 154 Å². The SMILES string of the molecule is COc1ccc(CNC(=O)[C@H](C)N(Cc2ccc(F)cc2)C2CC2)cc1. The Balaban J connectivity index is 1.58. The molecule has 5 heteroatoms. The summed E-state index contributed by atoms with van der Waals surface area (Å²) in [4.78, 5) is 14.8. The van der Waals surface area contributed by atoms with Crippen LogP contribution in [0.25, 0.3) is 0 Å². The molecule has 0 aromatic heterocycles. The Morgan fingerprint density at radius 1 is 1.15 bits per heavy atom. The van der Waals surface area contributed by atoms with Gasteiger partial charge in [-0.25, -0.2) is 4.39 Å². The highest BCUT2D eigenvalue weighted by atomic mass is 19.1. The molecule has 1 saturated carbocycles. The minimum atomic E-state index is -0.239. The normalized spacial score (nSPS) is 14.9. The summed E-state index contributed by atoms with van der Waals surface area (Å²) in [7, 11) is 1.63. The first-order chi connectivity index (χ1) is 12.6. The van der Waals surface area contributed by atoms with Gasteiger partial charge in [-0.3, -0.25) is 9.69 Å². The van der Waals surface area contributed by atoms with Gasteiger partial charge in [0.05, 0.1) is 13.2 Å². The molecule has 138 valence electrons. The number of methoxy groups -OCH3 is 1. The predicted octanol–water partition coefficient (Wildman–Crippen LogP) is 3.50. The molecule has 26 heavy (non-hydrogen) atoms. The van der Waals surface area contributed by atoms with Crippen molar-refractivity contribution in [1.82, 2.24) is 10.2 Å². The van der Waals surface area contributed by atoms with Crippen LogP contribution in [0.3, 0.4) is 0 Å². The molecule has 4 nitrogen and oxygen atoms in total. The molecule has 1 fully saturated rings. The van der Waals surface area contributed by atoms with Crippen molar-refractivity contribution in [3.8, 4) is 5.75 Å². The molecule has 1 atom stereocenters. The molecule has 1 N–H and O–H groups in total. The van der Waals surface area contributed by atoms with Crippen molar-refractivity contribution in [2.45, 2.75) is 44.9 Å². The van der Waals surface area contributed by atoms with E-state index in [-0.39, 0.29) is 17.8 Å². The monoisotopic (exact) mass is 356 g/mol. The molecule has 0 aliphatic heterocycles. The van der Waals surface area contributed by atoms with Crippen LogP contribution in [0.1, 0.15) is 30.9 Å². The van der Waals surface area contributed by atoms with Crippen LogP contribution in [0.4, 0.5) is 4.39 Å². The molecular weight excluding hydrogens is 331 g/mol. The van der Waals surface area contributed by atoms with Gasteiger partial charge in [0, 0.05) is 19.1 Å². The standard InChI is InChI=1S/C21H25FN2O2/c1-15(21(25)23-13-16-5-11-20(26-2)12-6-16)24(19-9-10-19)14-17-3-7-18(22)8-4-17/h3-8,11-12,15,19H,9-10,13-14H2,1-2H3,(H,23,25)/t15-/m0/s1. The van der Waals surface area contributed by atoms with Crippen molar-refractivity contribution < 1.29 is 13.9 Å². The zero-order valence-corrected chi connectivity index (χ0v) is 15.2. The van der Waals surface area contributed by atoms with Crippen LogP contribution in [0.15, 0.2) is 48.5 Å². The summed E-state index contributed by atoms with van der Waals surface area (Å²) in [6, 6.07) is 14.4. The first-order valence-corrected chi connectivity index (χ1v) is 8.97. The van der Waals surface area contributed by atoms with Gasteiger partial charge in [-0.2, -0.15) is 0 Å². The summed E-state index contributed by atoms with van der Waals surface area (Å²) in [6.07, 6.45) is 2.22. The second-order valence-electron chi connectivity index (χ2n) is 6.77. The molecule has 1 aliphatic carbocycles. The highest BCUT2D eigenvalue weighted by Gasteiger charge is 2.34. The molecule has 0 spiro atoms. The molecule has 0 unspecified atom stereocenters.